The molecule has 0 unspecified atom stereocenters. The maximum absolute atomic E-state index is 5.74. The molecule has 2 heteroatoms. The maximum atomic E-state index is 5.74. The van der Waals surface area contributed by atoms with Crippen molar-refractivity contribution in [2.75, 3.05) is 0 Å². The highest BCUT2D eigenvalue weighted by Gasteiger charge is 2.15. The number of nitrogens with zero attached hydrogens (tertiary/aromatic N) is 1. The first-order valence-corrected chi connectivity index (χ1v) is 4.62. The Labute approximate surface area is 82.2 Å². The van der Waals surface area contributed by atoms with Gasteiger partial charge in [0.15, 0.2) is 0 Å². The van der Waals surface area contributed by atoms with Gasteiger partial charge < -0.3 is 4.74 Å². The van der Waals surface area contributed by atoms with Crippen molar-refractivity contribution in [3.8, 4) is 11.5 Å². The number of ether oxygens (including phenoxy) is 1. The van der Waals surface area contributed by atoms with E-state index < -0.39 is 0 Å². The number of hydrogen-bond acceptors (Lipinski definition) is 2. The lowest BCUT2D eigenvalue weighted by Crippen LogP contribution is -2.02. The highest BCUT2D eigenvalue weighted by molar-refractivity contribution is 5.48. The second-order valence-corrected chi connectivity index (χ2v) is 3.37. The normalized spacial score (nSPS) is 12.6. The Bertz CT molecular complexity index is 392. The molecule has 2 heterocycles. The molecule has 0 saturated heterocycles. The summed E-state index contributed by atoms with van der Waals surface area (Å²) in [5.41, 5.74) is 2.39. The zero-order chi connectivity index (χ0) is 9.38. The number of hydrogen-bond donors (Lipinski definition) is 0. The molecule has 0 bridgehead atoms. The number of para-hydroxylation sites is 1. The quantitative estimate of drug-likeness (QED) is 0.534. The topological polar surface area (TPSA) is 22.1 Å². The fourth-order valence-corrected chi connectivity index (χ4v) is 1.72. The van der Waals surface area contributed by atoms with Gasteiger partial charge >= 0.3 is 0 Å². The summed E-state index contributed by atoms with van der Waals surface area (Å²) in [5.74, 6) is 1.89. The SMILES string of the molecule is c1ccc2c(c1)Cc1cnccc1O2. The molecule has 1 aromatic carbocycles. The van der Waals surface area contributed by atoms with Gasteiger partial charge in [0.1, 0.15) is 11.5 Å². The molecule has 0 aliphatic carbocycles. The van der Waals surface area contributed by atoms with Gasteiger partial charge in [0, 0.05) is 24.4 Å². The maximum Gasteiger partial charge on any atom is 0.134 e. The van der Waals surface area contributed by atoms with Crippen LogP contribution >= 0.6 is 0 Å². The highest BCUT2D eigenvalue weighted by Crippen LogP contribution is 2.35. The third-order valence-electron chi connectivity index (χ3n) is 2.43. The van der Waals surface area contributed by atoms with Gasteiger partial charge in [0.2, 0.25) is 0 Å². The molecule has 0 atom stereocenters. The summed E-state index contributed by atoms with van der Waals surface area (Å²) in [6.45, 7) is 0. The van der Waals surface area contributed by atoms with Gasteiger partial charge in [-0.15, -0.1) is 0 Å². The van der Waals surface area contributed by atoms with E-state index in [4.69, 9.17) is 4.74 Å². The molecule has 1 aliphatic rings. The van der Waals surface area contributed by atoms with Crippen LogP contribution in [0.25, 0.3) is 0 Å². The molecule has 1 aliphatic heterocycles. The Balaban J connectivity index is 2.12. The van der Waals surface area contributed by atoms with E-state index in [0.717, 1.165) is 23.5 Å². The second-order valence-electron chi connectivity index (χ2n) is 3.37. The average molecular weight is 183 g/mol. The third kappa shape index (κ3) is 1.08. The van der Waals surface area contributed by atoms with Gasteiger partial charge in [-0.1, -0.05) is 18.2 Å². The van der Waals surface area contributed by atoms with E-state index in [2.05, 4.69) is 11.1 Å². The predicted molar refractivity (Wildman–Crippen MR) is 53.6 cm³/mol. The first-order valence-electron chi connectivity index (χ1n) is 4.62. The molecule has 2 nitrogen and oxygen atoms in total. The predicted octanol–water partition coefficient (Wildman–Crippen LogP) is 2.78. The molecule has 0 saturated carbocycles. The Hall–Kier alpha value is -1.83. The first-order chi connectivity index (χ1) is 6.93. The summed E-state index contributed by atoms with van der Waals surface area (Å²) >= 11 is 0. The molecule has 0 N–H and O–H groups in total. The molecule has 0 fully saturated rings. The van der Waals surface area contributed by atoms with Crippen LogP contribution in [-0.2, 0) is 6.42 Å². The van der Waals surface area contributed by atoms with Crippen molar-refractivity contribution < 1.29 is 4.74 Å². The van der Waals surface area contributed by atoms with Crippen LogP contribution in [-0.4, -0.2) is 4.98 Å². The Morgan fingerprint density at radius 3 is 2.86 bits per heavy atom. The Kier molecular flexibility index (Phi) is 1.53. The summed E-state index contributed by atoms with van der Waals surface area (Å²) in [6, 6.07) is 10.0. The van der Waals surface area contributed by atoms with Gasteiger partial charge in [-0.25, -0.2) is 0 Å². The van der Waals surface area contributed by atoms with Crippen LogP contribution in [0.15, 0.2) is 42.7 Å². The van der Waals surface area contributed by atoms with E-state index in [1.54, 1.807) is 6.20 Å². The Morgan fingerprint density at radius 2 is 1.86 bits per heavy atom. The summed E-state index contributed by atoms with van der Waals surface area (Å²) in [7, 11) is 0. The van der Waals surface area contributed by atoms with Crippen molar-refractivity contribution in [1.29, 1.82) is 0 Å². The van der Waals surface area contributed by atoms with Crippen molar-refractivity contribution in [2.45, 2.75) is 6.42 Å². The minimum absolute atomic E-state index is 0.916. The highest BCUT2D eigenvalue weighted by atomic mass is 16.5. The van der Waals surface area contributed by atoms with Crippen LogP contribution in [0.4, 0.5) is 0 Å². The Morgan fingerprint density at radius 1 is 1.00 bits per heavy atom. The smallest absolute Gasteiger partial charge is 0.134 e. The van der Waals surface area contributed by atoms with Crippen LogP contribution in [0.3, 0.4) is 0 Å². The van der Waals surface area contributed by atoms with Crippen LogP contribution in [0, 0.1) is 0 Å². The standard InChI is InChI=1S/C12H9NO/c1-2-4-11-9(3-1)7-10-8-13-6-5-12(10)14-11/h1-6,8H,7H2. The monoisotopic (exact) mass is 183 g/mol. The lowest BCUT2D eigenvalue weighted by Gasteiger charge is -2.18. The minimum atomic E-state index is 0.916. The van der Waals surface area contributed by atoms with Gasteiger partial charge in [-0.2, -0.15) is 0 Å². The molecule has 68 valence electrons. The van der Waals surface area contributed by atoms with E-state index in [0.29, 0.717) is 0 Å². The van der Waals surface area contributed by atoms with Crippen LogP contribution in [0.1, 0.15) is 11.1 Å². The number of rotatable bonds is 0. The summed E-state index contributed by atoms with van der Waals surface area (Å²) < 4.78 is 5.74. The summed E-state index contributed by atoms with van der Waals surface area (Å²) in [5, 5.41) is 0. The summed E-state index contributed by atoms with van der Waals surface area (Å²) in [4.78, 5) is 4.09. The van der Waals surface area contributed by atoms with Crippen molar-refractivity contribution in [1.82, 2.24) is 4.98 Å². The summed E-state index contributed by atoms with van der Waals surface area (Å²) in [6.07, 6.45) is 4.54. The second kappa shape index (κ2) is 2.84. The molecule has 2 aromatic rings. The lowest BCUT2D eigenvalue weighted by atomic mass is 10.0. The largest absolute Gasteiger partial charge is 0.457 e. The molecule has 0 amide bonds. The molecule has 0 spiro atoms. The average Bonchev–Trinajstić information content (AvgIpc) is 2.26. The minimum Gasteiger partial charge on any atom is -0.457 e. The molecule has 14 heavy (non-hydrogen) atoms. The third-order valence-corrected chi connectivity index (χ3v) is 2.43. The molecular formula is C12H9NO. The van der Waals surface area contributed by atoms with E-state index in [1.807, 2.05) is 30.5 Å². The number of pyridine rings is 1. The van der Waals surface area contributed by atoms with Gasteiger partial charge in [-0.05, 0) is 17.7 Å². The number of fused-ring (bicyclic) bond motifs is 2. The van der Waals surface area contributed by atoms with E-state index in [9.17, 15) is 0 Å². The molecule has 1 aromatic heterocycles. The molecular weight excluding hydrogens is 174 g/mol. The van der Waals surface area contributed by atoms with Crippen LogP contribution in [0.5, 0.6) is 11.5 Å². The fraction of sp³-hybridized carbons (Fsp3) is 0.0833. The van der Waals surface area contributed by atoms with Crippen molar-refractivity contribution >= 4 is 0 Å². The van der Waals surface area contributed by atoms with E-state index >= 15 is 0 Å². The number of aromatic nitrogens is 1. The zero-order valence-electron chi connectivity index (χ0n) is 7.60. The fourth-order valence-electron chi connectivity index (χ4n) is 1.72. The van der Waals surface area contributed by atoms with Gasteiger partial charge in [0.05, 0.1) is 0 Å². The first kappa shape index (κ1) is 7.56. The molecule has 3 rings (SSSR count). The van der Waals surface area contributed by atoms with Crippen molar-refractivity contribution in [3.05, 3.63) is 53.9 Å². The molecule has 0 radical (unpaired) electrons. The van der Waals surface area contributed by atoms with E-state index in [-0.39, 0.29) is 0 Å². The lowest BCUT2D eigenvalue weighted by molar-refractivity contribution is 0.459. The van der Waals surface area contributed by atoms with E-state index in [1.165, 1.54) is 5.56 Å². The van der Waals surface area contributed by atoms with Crippen LogP contribution < -0.4 is 4.74 Å². The number of benzene rings is 1. The van der Waals surface area contributed by atoms with Crippen molar-refractivity contribution in [3.63, 3.8) is 0 Å². The van der Waals surface area contributed by atoms with Crippen molar-refractivity contribution in [2.24, 2.45) is 0 Å². The van der Waals surface area contributed by atoms with Gasteiger partial charge in [-0.3, -0.25) is 4.98 Å². The zero-order valence-corrected chi connectivity index (χ0v) is 7.60. The van der Waals surface area contributed by atoms with Gasteiger partial charge in [0.25, 0.3) is 0 Å². The van der Waals surface area contributed by atoms with Crippen LogP contribution in [0.2, 0.25) is 0 Å².